The van der Waals surface area contributed by atoms with Gasteiger partial charge in [-0.25, -0.2) is 4.98 Å². The van der Waals surface area contributed by atoms with Gasteiger partial charge in [-0.15, -0.1) is 0 Å². The number of nitrogens with zero attached hydrogens (tertiary/aromatic N) is 3. The number of nitrogens with one attached hydrogen (secondary N) is 1. The predicted octanol–water partition coefficient (Wildman–Crippen LogP) is 1.94. The maximum absolute atomic E-state index is 11.0. The number of hydrogen-bond donors (Lipinski definition) is 1. The van der Waals surface area contributed by atoms with Crippen LogP contribution in [0.25, 0.3) is 0 Å². The summed E-state index contributed by atoms with van der Waals surface area (Å²) in [7, 11) is 0. The minimum Gasteiger partial charge on any atom is -0.348 e. The number of rotatable bonds is 4. The largest absolute Gasteiger partial charge is 0.348 e. The Labute approximate surface area is 114 Å². The number of pyridine rings is 1. The smallest absolute Gasteiger partial charge is 0.312 e. The lowest BCUT2D eigenvalue weighted by Crippen LogP contribution is -2.59. The fourth-order valence-electron chi connectivity index (χ4n) is 2.03. The Bertz CT molecular complexity index is 460. The molecule has 0 unspecified atom stereocenters. The molecule has 2 rings (SSSR count). The zero-order valence-electron chi connectivity index (χ0n) is 10.3. The third-order valence-electron chi connectivity index (χ3n) is 2.76. The van der Waals surface area contributed by atoms with Crippen LogP contribution in [0.2, 0.25) is 0 Å². The van der Waals surface area contributed by atoms with Crippen molar-refractivity contribution in [1.82, 2.24) is 10.3 Å². The average Bonchev–Trinajstić information content (AvgIpc) is 2.23. The summed E-state index contributed by atoms with van der Waals surface area (Å²) in [6.07, 6.45) is 1.59. The molecule has 0 saturated carbocycles. The predicted molar refractivity (Wildman–Crippen MR) is 72.9 cm³/mol. The van der Waals surface area contributed by atoms with Gasteiger partial charge in [-0.05, 0) is 15.9 Å². The minimum absolute atomic E-state index is 0.0485. The minimum atomic E-state index is -0.393. The monoisotopic (exact) mass is 314 g/mol. The van der Waals surface area contributed by atoms with Gasteiger partial charge in [-0.2, -0.15) is 0 Å². The van der Waals surface area contributed by atoms with Crippen LogP contribution in [0.4, 0.5) is 11.5 Å². The van der Waals surface area contributed by atoms with Crippen molar-refractivity contribution < 1.29 is 4.92 Å². The Balaban J connectivity index is 2.09. The van der Waals surface area contributed by atoms with Crippen LogP contribution in [-0.2, 0) is 0 Å². The molecule has 98 valence electrons. The Hall–Kier alpha value is -1.21. The van der Waals surface area contributed by atoms with Crippen LogP contribution in [0, 0.1) is 10.1 Å². The number of anilines is 1. The topological polar surface area (TPSA) is 71.3 Å². The first-order valence-corrected chi connectivity index (χ1v) is 6.57. The molecule has 1 saturated heterocycles. The van der Waals surface area contributed by atoms with E-state index in [9.17, 15) is 10.1 Å². The summed E-state index contributed by atoms with van der Waals surface area (Å²) < 4.78 is 0.621. The molecule has 6 nitrogen and oxygen atoms in total. The Morgan fingerprint density at radius 2 is 2.28 bits per heavy atom. The van der Waals surface area contributed by atoms with E-state index < -0.39 is 4.92 Å². The molecule has 0 aromatic carbocycles. The molecule has 1 aromatic rings. The first kappa shape index (κ1) is 13.2. The SMILES string of the molecule is CC(C)NC1CN(c2ncc(Br)cc2[N+](=O)[O-])C1. The van der Waals surface area contributed by atoms with Crippen LogP contribution < -0.4 is 10.2 Å². The summed E-state index contributed by atoms with van der Waals surface area (Å²) in [6, 6.07) is 2.30. The highest BCUT2D eigenvalue weighted by molar-refractivity contribution is 9.10. The van der Waals surface area contributed by atoms with E-state index in [4.69, 9.17) is 0 Å². The quantitative estimate of drug-likeness (QED) is 0.679. The van der Waals surface area contributed by atoms with Gasteiger partial charge in [-0.1, -0.05) is 13.8 Å². The van der Waals surface area contributed by atoms with Crippen LogP contribution in [0.1, 0.15) is 13.8 Å². The van der Waals surface area contributed by atoms with Crippen LogP contribution in [-0.4, -0.2) is 35.1 Å². The first-order chi connectivity index (χ1) is 8.47. The van der Waals surface area contributed by atoms with Crippen molar-refractivity contribution in [1.29, 1.82) is 0 Å². The average molecular weight is 315 g/mol. The van der Waals surface area contributed by atoms with Crippen molar-refractivity contribution >= 4 is 27.4 Å². The molecule has 1 aliphatic heterocycles. The van der Waals surface area contributed by atoms with Crippen molar-refractivity contribution in [2.45, 2.75) is 25.9 Å². The molecule has 0 aliphatic carbocycles. The second kappa shape index (κ2) is 5.19. The fourth-order valence-corrected chi connectivity index (χ4v) is 2.35. The molecule has 18 heavy (non-hydrogen) atoms. The van der Waals surface area contributed by atoms with Crippen molar-refractivity contribution in [2.24, 2.45) is 0 Å². The summed E-state index contributed by atoms with van der Waals surface area (Å²) in [6.45, 7) is 5.69. The van der Waals surface area contributed by atoms with E-state index in [0.29, 0.717) is 22.4 Å². The summed E-state index contributed by atoms with van der Waals surface area (Å²) in [5, 5.41) is 14.4. The Kier molecular flexibility index (Phi) is 3.82. The number of aromatic nitrogens is 1. The van der Waals surface area contributed by atoms with Gasteiger partial charge in [0.2, 0.25) is 5.82 Å². The third-order valence-corrected chi connectivity index (χ3v) is 3.19. The van der Waals surface area contributed by atoms with E-state index in [1.165, 1.54) is 6.07 Å². The van der Waals surface area contributed by atoms with Crippen molar-refractivity contribution in [3.8, 4) is 0 Å². The normalized spacial score (nSPS) is 15.9. The van der Waals surface area contributed by atoms with E-state index in [1.54, 1.807) is 6.20 Å². The van der Waals surface area contributed by atoms with Crippen molar-refractivity contribution in [3.63, 3.8) is 0 Å². The molecular formula is C11H15BrN4O2. The maximum Gasteiger partial charge on any atom is 0.312 e. The van der Waals surface area contributed by atoms with Gasteiger partial charge in [0.1, 0.15) is 0 Å². The van der Waals surface area contributed by atoms with E-state index in [1.807, 2.05) is 4.90 Å². The fraction of sp³-hybridized carbons (Fsp3) is 0.545. The highest BCUT2D eigenvalue weighted by atomic mass is 79.9. The number of hydrogen-bond acceptors (Lipinski definition) is 5. The lowest BCUT2D eigenvalue weighted by Gasteiger charge is -2.41. The summed E-state index contributed by atoms with van der Waals surface area (Å²) in [5.74, 6) is 0.449. The maximum atomic E-state index is 11.0. The van der Waals surface area contributed by atoms with Gasteiger partial charge in [0.05, 0.1) is 4.92 Å². The molecular weight excluding hydrogens is 300 g/mol. The molecule has 1 aromatic heterocycles. The van der Waals surface area contributed by atoms with E-state index in [-0.39, 0.29) is 5.69 Å². The Morgan fingerprint density at radius 1 is 1.61 bits per heavy atom. The summed E-state index contributed by atoms with van der Waals surface area (Å²) in [5.41, 5.74) is 0.0485. The molecule has 1 aliphatic rings. The Morgan fingerprint density at radius 3 is 2.83 bits per heavy atom. The van der Waals surface area contributed by atoms with Gasteiger partial charge in [0.25, 0.3) is 0 Å². The second-order valence-electron chi connectivity index (χ2n) is 4.68. The molecule has 0 amide bonds. The van der Waals surface area contributed by atoms with Crippen molar-refractivity contribution in [2.75, 3.05) is 18.0 Å². The summed E-state index contributed by atoms with van der Waals surface area (Å²) >= 11 is 3.20. The highest BCUT2D eigenvalue weighted by Gasteiger charge is 2.32. The van der Waals surface area contributed by atoms with E-state index in [2.05, 4.69) is 40.1 Å². The van der Waals surface area contributed by atoms with Crippen LogP contribution in [0.3, 0.4) is 0 Å². The zero-order valence-corrected chi connectivity index (χ0v) is 11.8. The number of nitro groups is 1. The van der Waals surface area contributed by atoms with Gasteiger partial charge in [0, 0.05) is 41.9 Å². The van der Waals surface area contributed by atoms with Gasteiger partial charge in [-0.3, -0.25) is 10.1 Å². The van der Waals surface area contributed by atoms with Gasteiger partial charge < -0.3 is 10.2 Å². The highest BCUT2D eigenvalue weighted by Crippen LogP contribution is 2.31. The van der Waals surface area contributed by atoms with Crippen LogP contribution in [0.5, 0.6) is 0 Å². The second-order valence-corrected chi connectivity index (χ2v) is 5.59. The molecule has 2 heterocycles. The molecule has 1 fully saturated rings. The third kappa shape index (κ3) is 2.78. The summed E-state index contributed by atoms with van der Waals surface area (Å²) in [4.78, 5) is 16.7. The lowest BCUT2D eigenvalue weighted by atomic mass is 10.1. The molecule has 0 radical (unpaired) electrons. The van der Waals surface area contributed by atoms with E-state index >= 15 is 0 Å². The van der Waals surface area contributed by atoms with Gasteiger partial charge in [0.15, 0.2) is 0 Å². The molecule has 7 heteroatoms. The first-order valence-electron chi connectivity index (χ1n) is 5.78. The molecule has 1 N–H and O–H groups in total. The number of halogens is 1. The molecule has 0 atom stereocenters. The zero-order chi connectivity index (χ0) is 13.3. The van der Waals surface area contributed by atoms with E-state index in [0.717, 1.165) is 13.1 Å². The lowest BCUT2D eigenvalue weighted by molar-refractivity contribution is -0.384. The van der Waals surface area contributed by atoms with Gasteiger partial charge >= 0.3 is 5.69 Å². The molecule has 0 bridgehead atoms. The van der Waals surface area contributed by atoms with Crippen LogP contribution >= 0.6 is 15.9 Å². The standard InChI is InChI=1S/C11H15BrN4O2/c1-7(2)14-9-5-15(6-9)11-10(16(17)18)3-8(12)4-13-11/h3-4,7,9,14H,5-6H2,1-2H3. The van der Waals surface area contributed by atoms with Crippen molar-refractivity contribution in [3.05, 3.63) is 26.9 Å². The van der Waals surface area contributed by atoms with Crippen LogP contribution in [0.15, 0.2) is 16.7 Å². The molecule has 0 spiro atoms.